The van der Waals surface area contributed by atoms with E-state index in [1.807, 2.05) is 0 Å². The third-order valence-corrected chi connectivity index (χ3v) is 4.87. The lowest BCUT2D eigenvalue weighted by Crippen LogP contribution is -2.48. The van der Waals surface area contributed by atoms with Crippen molar-refractivity contribution in [2.75, 3.05) is 19.6 Å². The lowest BCUT2D eigenvalue weighted by atomic mass is 10.1. The number of ether oxygens (including phenoxy) is 1. The average Bonchev–Trinajstić information content (AvgIpc) is 2.53. The molecule has 0 aromatic heterocycles. The fourth-order valence-electron chi connectivity index (χ4n) is 2.32. The number of amides is 1. The Morgan fingerprint density at radius 2 is 1.96 bits per heavy atom. The third kappa shape index (κ3) is 6.52. The van der Waals surface area contributed by atoms with Crippen LogP contribution in [0.1, 0.15) is 12.8 Å². The Morgan fingerprint density at radius 1 is 1.28 bits per heavy atom. The molecule has 2 rings (SSSR count). The molecule has 1 aromatic carbocycles. The zero-order valence-corrected chi connectivity index (χ0v) is 13.9. The Kier molecular flexibility index (Phi) is 6.25. The number of hydrogen-bond acceptors (Lipinski definition) is 5. The number of sulfonamides is 1. The number of rotatable bonds is 6. The highest BCUT2D eigenvalue weighted by Gasteiger charge is 2.31. The van der Waals surface area contributed by atoms with Crippen molar-refractivity contribution >= 4 is 15.9 Å². The SMILES string of the molecule is O=C(CNS(=O)(=O)c1ccc(OC(F)(F)F)cc1)NC1CCCNC1. The first kappa shape index (κ1) is 19.5. The molecule has 1 atom stereocenters. The van der Waals surface area contributed by atoms with Gasteiger partial charge in [-0.1, -0.05) is 0 Å². The van der Waals surface area contributed by atoms with Gasteiger partial charge in [0.1, 0.15) is 5.75 Å². The van der Waals surface area contributed by atoms with E-state index in [-0.39, 0.29) is 10.9 Å². The van der Waals surface area contributed by atoms with Crippen LogP contribution in [-0.2, 0) is 14.8 Å². The van der Waals surface area contributed by atoms with E-state index in [1.165, 1.54) is 0 Å². The van der Waals surface area contributed by atoms with E-state index >= 15 is 0 Å². The summed E-state index contributed by atoms with van der Waals surface area (Å²) in [5.74, 6) is -1.01. The van der Waals surface area contributed by atoms with Crippen LogP contribution in [0.15, 0.2) is 29.2 Å². The highest BCUT2D eigenvalue weighted by molar-refractivity contribution is 7.89. The molecule has 1 aromatic rings. The second-order valence-electron chi connectivity index (χ2n) is 5.45. The standard InChI is InChI=1S/C14H18F3N3O4S/c15-14(16,17)24-11-3-5-12(6-4-11)25(22,23)19-9-13(21)20-10-2-1-7-18-8-10/h3-6,10,18-19H,1-2,7-9H2,(H,20,21). The van der Waals surface area contributed by atoms with Gasteiger partial charge in [-0.15, -0.1) is 13.2 Å². The van der Waals surface area contributed by atoms with E-state index in [0.29, 0.717) is 6.54 Å². The second-order valence-corrected chi connectivity index (χ2v) is 7.22. The highest BCUT2D eigenvalue weighted by atomic mass is 32.2. The van der Waals surface area contributed by atoms with E-state index in [0.717, 1.165) is 43.7 Å². The Bertz CT molecular complexity index is 686. The van der Waals surface area contributed by atoms with Crippen molar-refractivity contribution in [1.82, 2.24) is 15.4 Å². The Hall–Kier alpha value is -1.85. The molecular formula is C14H18F3N3O4S. The maximum Gasteiger partial charge on any atom is 0.573 e. The van der Waals surface area contributed by atoms with Crippen LogP contribution in [0.2, 0.25) is 0 Å². The first-order chi connectivity index (χ1) is 11.7. The second kappa shape index (κ2) is 8.02. The summed E-state index contributed by atoms with van der Waals surface area (Å²) in [6.07, 6.45) is -3.13. The molecule has 1 fully saturated rings. The molecule has 7 nitrogen and oxygen atoms in total. The molecule has 1 heterocycles. The zero-order valence-electron chi connectivity index (χ0n) is 13.1. The lowest BCUT2D eigenvalue weighted by Gasteiger charge is -2.23. The van der Waals surface area contributed by atoms with Gasteiger partial charge in [0.15, 0.2) is 0 Å². The molecule has 0 spiro atoms. The van der Waals surface area contributed by atoms with Crippen LogP contribution in [0, 0.1) is 0 Å². The molecule has 1 unspecified atom stereocenters. The molecule has 1 aliphatic heterocycles. The van der Waals surface area contributed by atoms with Gasteiger partial charge >= 0.3 is 6.36 Å². The van der Waals surface area contributed by atoms with Gasteiger partial charge in [-0.2, -0.15) is 0 Å². The number of alkyl halides is 3. The number of carbonyl (C=O) groups excluding carboxylic acids is 1. The maximum atomic E-state index is 12.1. The van der Waals surface area contributed by atoms with Crippen molar-refractivity contribution in [3.63, 3.8) is 0 Å². The van der Waals surface area contributed by atoms with Crippen LogP contribution < -0.4 is 20.1 Å². The minimum absolute atomic E-state index is 0.0513. The van der Waals surface area contributed by atoms with E-state index in [9.17, 15) is 26.4 Å². The number of benzene rings is 1. The van der Waals surface area contributed by atoms with Gasteiger partial charge in [0.25, 0.3) is 0 Å². The van der Waals surface area contributed by atoms with Crippen molar-refractivity contribution in [1.29, 1.82) is 0 Å². The zero-order chi connectivity index (χ0) is 18.5. The summed E-state index contributed by atoms with van der Waals surface area (Å²) in [5.41, 5.74) is 0. The number of halogens is 3. The molecule has 11 heteroatoms. The van der Waals surface area contributed by atoms with Gasteiger partial charge in [-0.25, -0.2) is 13.1 Å². The summed E-state index contributed by atoms with van der Waals surface area (Å²) in [7, 11) is -4.02. The smallest absolute Gasteiger partial charge is 0.406 e. The summed E-state index contributed by atoms with van der Waals surface area (Å²) in [5, 5.41) is 5.82. The predicted molar refractivity (Wildman–Crippen MR) is 82.3 cm³/mol. The first-order valence-electron chi connectivity index (χ1n) is 7.51. The molecule has 1 saturated heterocycles. The van der Waals surface area contributed by atoms with Gasteiger partial charge in [0, 0.05) is 12.6 Å². The molecule has 0 bridgehead atoms. The van der Waals surface area contributed by atoms with Crippen molar-refractivity contribution in [2.45, 2.75) is 30.1 Å². The van der Waals surface area contributed by atoms with Gasteiger partial charge in [0.2, 0.25) is 15.9 Å². The van der Waals surface area contributed by atoms with Crippen LogP contribution in [0.3, 0.4) is 0 Å². The first-order valence-corrected chi connectivity index (χ1v) is 8.99. The normalized spacial score (nSPS) is 18.6. The van der Waals surface area contributed by atoms with Crippen LogP contribution in [0.25, 0.3) is 0 Å². The monoisotopic (exact) mass is 381 g/mol. The minimum atomic E-state index is -4.86. The fourth-order valence-corrected chi connectivity index (χ4v) is 3.30. The minimum Gasteiger partial charge on any atom is -0.406 e. The maximum absolute atomic E-state index is 12.1. The third-order valence-electron chi connectivity index (χ3n) is 3.45. The van der Waals surface area contributed by atoms with Crippen molar-refractivity contribution in [2.24, 2.45) is 0 Å². The summed E-state index contributed by atoms with van der Waals surface area (Å²) in [4.78, 5) is 11.5. The molecule has 3 N–H and O–H groups in total. The van der Waals surface area contributed by atoms with E-state index in [1.54, 1.807) is 0 Å². The molecule has 1 amide bonds. The summed E-state index contributed by atoms with van der Waals surface area (Å²) < 4.78 is 66.1. The Labute approximate surface area is 143 Å². The quantitative estimate of drug-likeness (QED) is 0.675. The van der Waals surface area contributed by atoms with Crippen molar-refractivity contribution < 1.29 is 31.1 Å². The topological polar surface area (TPSA) is 96.5 Å². The van der Waals surface area contributed by atoms with E-state index in [2.05, 4.69) is 20.1 Å². The average molecular weight is 381 g/mol. The molecule has 0 radical (unpaired) electrons. The van der Waals surface area contributed by atoms with Gasteiger partial charge in [0.05, 0.1) is 11.4 Å². The van der Waals surface area contributed by atoms with Gasteiger partial charge in [-0.05, 0) is 43.7 Å². The molecule has 25 heavy (non-hydrogen) atoms. The van der Waals surface area contributed by atoms with Gasteiger partial charge in [-0.3, -0.25) is 4.79 Å². The van der Waals surface area contributed by atoms with E-state index < -0.39 is 34.6 Å². The van der Waals surface area contributed by atoms with E-state index in [4.69, 9.17) is 0 Å². The number of nitrogens with one attached hydrogen (secondary N) is 3. The van der Waals surface area contributed by atoms with Gasteiger partial charge < -0.3 is 15.4 Å². The summed E-state index contributed by atoms with van der Waals surface area (Å²) in [6.45, 7) is 1.05. The fraction of sp³-hybridized carbons (Fsp3) is 0.500. The number of piperidine rings is 1. The number of carbonyl (C=O) groups is 1. The van der Waals surface area contributed by atoms with Crippen LogP contribution in [-0.4, -0.2) is 46.4 Å². The largest absolute Gasteiger partial charge is 0.573 e. The molecule has 1 aliphatic rings. The Balaban J connectivity index is 1.88. The lowest BCUT2D eigenvalue weighted by molar-refractivity contribution is -0.274. The number of hydrogen-bond donors (Lipinski definition) is 3. The summed E-state index contributed by atoms with van der Waals surface area (Å²) in [6, 6.07) is 3.65. The van der Waals surface area contributed by atoms with Crippen molar-refractivity contribution in [3.05, 3.63) is 24.3 Å². The molecular weight excluding hydrogens is 363 g/mol. The molecule has 140 valence electrons. The van der Waals surface area contributed by atoms with Crippen LogP contribution >= 0.6 is 0 Å². The highest BCUT2D eigenvalue weighted by Crippen LogP contribution is 2.23. The van der Waals surface area contributed by atoms with Crippen LogP contribution in [0.4, 0.5) is 13.2 Å². The predicted octanol–water partition coefficient (Wildman–Crippen LogP) is 0.732. The van der Waals surface area contributed by atoms with Crippen LogP contribution in [0.5, 0.6) is 5.75 Å². The Morgan fingerprint density at radius 3 is 2.52 bits per heavy atom. The van der Waals surface area contributed by atoms with Crippen molar-refractivity contribution in [3.8, 4) is 5.75 Å². The molecule has 0 aliphatic carbocycles. The summed E-state index contributed by atoms with van der Waals surface area (Å²) >= 11 is 0. The molecule has 0 saturated carbocycles.